The fourth-order valence-corrected chi connectivity index (χ4v) is 5.27. The first-order valence-corrected chi connectivity index (χ1v) is 12.7. The van der Waals surface area contributed by atoms with E-state index in [1.807, 2.05) is 48.5 Å². The average molecular weight is 498 g/mol. The highest BCUT2D eigenvalue weighted by atomic mass is 16.5. The highest BCUT2D eigenvalue weighted by Crippen LogP contribution is 2.39. The highest BCUT2D eigenvalue weighted by molar-refractivity contribution is 6.09. The molecule has 0 unspecified atom stereocenters. The Morgan fingerprint density at radius 1 is 0.789 bits per heavy atom. The number of aromatic carboxylic acids is 1. The van der Waals surface area contributed by atoms with Gasteiger partial charge in [0.2, 0.25) is 0 Å². The van der Waals surface area contributed by atoms with Gasteiger partial charge in [0.25, 0.3) is 0 Å². The maximum atomic E-state index is 12.1. The molecular formula is C34H27NO3. The Labute approximate surface area is 221 Å². The fraction of sp³-hybridized carbons (Fsp3) is 0.0882. The normalized spacial score (nSPS) is 11.2. The standard InChI is InChI=1S/C34H27NO3/c1-23-9-6-12-25(21-23)30-22-35(19-20-38-32-18-7-11-24-10-2-3-13-26(24)32)31-17-8-16-28(33(30)31)27-14-4-5-15-29(27)34(36)37/h2-18,21-22H,19-20H2,1H3,(H,36,37). The van der Waals surface area contributed by atoms with Crippen molar-refractivity contribution in [1.82, 2.24) is 4.57 Å². The average Bonchev–Trinajstić information content (AvgIpc) is 3.32. The van der Waals surface area contributed by atoms with Crippen LogP contribution in [0.3, 0.4) is 0 Å². The van der Waals surface area contributed by atoms with Crippen molar-refractivity contribution in [1.29, 1.82) is 0 Å². The van der Waals surface area contributed by atoms with E-state index in [0.717, 1.165) is 44.1 Å². The first-order valence-electron chi connectivity index (χ1n) is 12.7. The lowest BCUT2D eigenvalue weighted by atomic mass is 9.93. The summed E-state index contributed by atoms with van der Waals surface area (Å²) >= 11 is 0. The van der Waals surface area contributed by atoms with E-state index >= 15 is 0 Å². The molecule has 0 saturated carbocycles. The van der Waals surface area contributed by atoms with E-state index in [4.69, 9.17) is 4.74 Å². The number of hydrogen-bond acceptors (Lipinski definition) is 2. The van der Waals surface area contributed by atoms with E-state index in [0.29, 0.717) is 24.3 Å². The lowest BCUT2D eigenvalue weighted by Crippen LogP contribution is -2.07. The zero-order valence-corrected chi connectivity index (χ0v) is 21.1. The quantitative estimate of drug-likeness (QED) is 0.242. The van der Waals surface area contributed by atoms with E-state index < -0.39 is 5.97 Å². The minimum Gasteiger partial charge on any atom is -0.491 e. The Bertz CT molecular complexity index is 1790. The number of benzene rings is 5. The summed E-state index contributed by atoms with van der Waals surface area (Å²) in [6, 6.07) is 36.1. The molecule has 0 atom stereocenters. The fourth-order valence-electron chi connectivity index (χ4n) is 5.27. The molecule has 0 saturated heterocycles. The predicted octanol–water partition coefficient (Wildman–Crippen LogP) is 8.21. The molecule has 0 spiro atoms. The predicted molar refractivity (Wildman–Crippen MR) is 154 cm³/mol. The van der Waals surface area contributed by atoms with Gasteiger partial charge in [-0.05, 0) is 47.2 Å². The SMILES string of the molecule is Cc1cccc(-c2cn(CCOc3cccc4ccccc34)c3cccc(-c4ccccc4C(=O)O)c23)c1. The maximum Gasteiger partial charge on any atom is 0.336 e. The van der Waals surface area contributed by atoms with Crippen LogP contribution in [0.5, 0.6) is 5.75 Å². The van der Waals surface area contributed by atoms with Crippen LogP contribution in [-0.2, 0) is 6.54 Å². The van der Waals surface area contributed by atoms with Crippen molar-refractivity contribution in [3.05, 3.63) is 127 Å². The molecular weight excluding hydrogens is 470 g/mol. The molecule has 6 aromatic rings. The second kappa shape index (κ2) is 9.91. The van der Waals surface area contributed by atoms with Crippen molar-refractivity contribution in [3.8, 4) is 28.0 Å². The van der Waals surface area contributed by atoms with Crippen LogP contribution in [0, 0.1) is 6.92 Å². The molecule has 0 bridgehead atoms. The smallest absolute Gasteiger partial charge is 0.336 e. The topological polar surface area (TPSA) is 51.5 Å². The van der Waals surface area contributed by atoms with Gasteiger partial charge in [0.1, 0.15) is 12.4 Å². The molecule has 0 amide bonds. The largest absolute Gasteiger partial charge is 0.491 e. The monoisotopic (exact) mass is 497 g/mol. The number of aryl methyl sites for hydroxylation is 1. The molecule has 0 fully saturated rings. The summed E-state index contributed by atoms with van der Waals surface area (Å²) in [4.78, 5) is 12.1. The number of hydrogen-bond donors (Lipinski definition) is 1. The molecule has 0 aliphatic rings. The first kappa shape index (κ1) is 23.6. The van der Waals surface area contributed by atoms with Gasteiger partial charge in [-0.25, -0.2) is 4.79 Å². The molecule has 1 heterocycles. The molecule has 38 heavy (non-hydrogen) atoms. The summed E-state index contributed by atoms with van der Waals surface area (Å²) < 4.78 is 8.49. The summed E-state index contributed by atoms with van der Waals surface area (Å²) in [5.74, 6) is -0.0628. The number of nitrogens with zero attached hydrogens (tertiary/aromatic N) is 1. The van der Waals surface area contributed by atoms with Crippen molar-refractivity contribution in [2.75, 3.05) is 6.61 Å². The third-order valence-corrected chi connectivity index (χ3v) is 7.02. The van der Waals surface area contributed by atoms with E-state index in [1.165, 1.54) is 5.56 Å². The molecule has 0 aliphatic carbocycles. The van der Waals surface area contributed by atoms with Gasteiger partial charge in [-0.15, -0.1) is 0 Å². The van der Waals surface area contributed by atoms with Crippen LogP contribution < -0.4 is 4.74 Å². The summed E-state index contributed by atoms with van der Waals surface area (Å²) in [5.41, 5.74) is 6.30. The number of ether oxygens (including phenoxy) is 1. The zero-order chi connectivity index (χ0) is 26.1. The second-order valence-electron chi connectivity index (χ2n) is 9.48. The van der Waals surface area contributed by atoms with Crippen LogP contribution in [-0.4, -0.2) is 22.2 Å². The number of carboxylic acid groups (broad SMARTS) is 1. The summed E-state index contributed by atoms with van der Waals surface area (Å²) in [7, 11) is 0. The molecule has 6 rings (SSSR count). The Hall–Kier alpha value is -4.83. The Kier molecular flexibility index (Phi) is 6.14. The minimum absolute atomic E-state index is 0.294. The summed E-state index contributed by atoms with van der Waals surface area (Å²) in [6.07, 6.45) is 2.17. The van der Waals surface area contributed by atoms with Gasteiger partial charge in [-0.2, -0.15) is 0 Å². The number of aromatic nitrogens is 1. The molecule has 5 aromatic carbocycles. The van der Waals surface area contributed by atoms with Crippen molar-refractivity contribution >= 4 is 27.6 Å². The van der Waals surface area contributed by atoms with E-state index in [9.17, 15) is 9.90 Å². The van der Waals surface area contributed by atoms with Crippen LogP contribution >= 0.6 is 0 Å². The van der Waals surface area contributed by atoms with Gasteiger partial charge >= 0.3 is 5.97 Å². The van der Waals surface area contributed by atoms with Crippen LogP contribution in [0.2, 0.25) is 0 Å². The Morgan fingerprint density at radius 2 is 1.53 bits per heavy atom. The van der Waals surface area contributed by atoms with Gasteiger partial charge in [-0.3, -0.25) is 0 Å². The number of fused-ring (bicyclic) bond motifs is 2. The third kappa shape index (κ3) is 4.31. The van der Waals surface area contributed by atoms with Crippen molar-refractivity contribution < 1.29 is 14.6 Å². The van der Waals surface area contributed by atoms with Crippen LogP contribution in [0.15, 0.2) is 115 Å². The van der Waals surface area contributed by atoms with Crippen LogP contribution in [0.1, 0.15) is 15.9 Å². The number of rotatable bonds is 7. The van der Waals surface area contributed by atoms with Gasteiger partial charge in [0.05, 0.1) is 12.1 Å². The molecule has 0 aliphatic heterocycles. The molecule has 4 heteroatoms. The van der Waals surface area contributed by atoms with E-state index in [2.05, 4.69) is 66.2 Å². The van der Waals surface area contributed by atoms with Crippen LogP contribution in [0.4, 0.5) is 0 Å². The third-order valence-electron chi connectivity index (χ3n) is 7.02. The van der Waals surface area contributed by atoms with Crippen molar-refractivity contribution in [2.24, 2.45) is 0 Å². The zero-order valence-electron chi connectivity index (χ0n) is 21.1. The van der Waals surface area contributed by atoms with Gasteiger partial charge < -0.3 is 14.4 Å². The minimum atomic E-state index is -0.933. The number of carboxylic acids is 1. The second-order valence-corrected chi connectivity index (χ2v) is 9.48. The van der Waals surface area contributed by atoms with E-state index in [1.54, 1.807) is 12.1 Å². The molecule has 0 radical (unpaired) electrons. The Morgan fingerprint density at radius 3 is 2.39 bits per heavy atom. The lowest BCUT2D eigenvalue weighted by Gasteiger charge is -2.12. The summed E-state index contributed by atoms with van der Waals surface area (Å²) in [6.45, 7) is 3.23. The molecule has 4 nitrogen and oxygen atoms in total. The number of carbonyl (C=O) groups is 1. The molecule has 186 valence electrons. The van der Waals surface area contributed by atoms with Gasteiger partial charge in [0, 0.05) is 28.0 Å². The van der Waals surface area contributed by atoms with Gasteiger partial charge in [0.15, 0.2) is 0 Å². The van der Waals surface area contributed by atoms with Crippen molar-refractivity contribution in [2.45, 2.75) is 13.5 Å². The molecule has 1 aromatic heterocycles. The first-order chi connectivity index (χ1) is 18.6. The lowest BCUT2D eigenvalue weighted by molar-refractivity contribution is 0.0697. The highest BCUT2D eigenvalue weighted by Gasteiger charge is 2.19. The molecule has 1 N–H and O–H groups in total. The van der Waals surface area contributed by atoms with Gasteiger partial charge in [-0.1, -0.05) is 96.6 Å². The van der Waals surface area contributed by atoms with E-state index in [-0.39, 0.29) is 0 Å². The maximum absolute atomic E-state index is 12.1. The summed E-state index contributed by atoms with van der Waals surface area (Å²) in [5, 5.41) is 13.2. The van der Waals surface area contributed by atoms with Crippen molar-refractivity contribution in [3.63, 3.8) is 0 Å². The Balaban J connectivity index is 1.45. The van der Waals surface area contributed by atoms with Crippen LogP contribution in [0.25, 0.3) is 43.9 Å².